The number of carbonyl (C=O) groups excluding carboxylic acids is 1. The first-order chi connectivity index (χ1) is 9.41. The Hall–Kier alpha value is -2.19. The van der Waals surface area contributed by atoms with Gasteiger partial charge in [-0.2, -0.15) is 23.4 Å². The molecule has 0 saturated carbocycles. The Balaban J connectivity index is 2.14. The summed E-state index contributed by atoms with van der Waals surface area (Å²) in [6.07, 6.45) is -0.712. The number of aromatic nitrogens is 5. The average Bonchev–Trinajstić information content (AvgIpc) is 2.98. The van der Waals surface area contributed by atoms with Crippen LogP contribution in [0, 0.1) is 0 Å². The summed E-state index contributed by atoms with van der Waals surface area (Å²) < 4.78 is 39.7. The van der Waals surface area contributed by atoms with Gasteiger partial charge in [-0.15, -0.1) is 0 Å². The lowest BCUT2D eigenvalue weighted by molar-refractivity contribution is -0.0885. The quantitative estimate of drug-likeness (QED) is 0.785. The smallest absolute Gasteiger partial charge is 0.284 e. The molecule has 0 radical (unpaired) electrons. The molecular weight excluding hydrogens is 275 g/mol. The van der Waals surface area contributed by atoms with E-state index < -0.39 is 17.5 Å². The van der Waals surface area contributed by atoms with E-state index in [4.69, 9.17) is 0 Å². The molecule has 2 rings (SSSR count). The highest BCUT2D eigenvalue weighted by Crippen LogP contribution is 2.21. The summed E-state index contributed by atoms with van der Waals surface area (Å²) in [6.45, 7) is 2.79. The molecule has 0 N–H and O–H groups in total. The van der Waals surface area contributed by atoms with Gasteiger partial charge in [-0.05, 0) is 6.42 Å². The molecule has 108 valence electrons. The molecule has 0 atom stereocenters. The van der Waals surface area contributed by atoms with Crippen LogP contribution in [0.1, 0.15) is 29.5 Å². The zero-order valence-electron chi connectivity index (χ0n) is 10.6. The van der Waals surface area contributed by atoms with E-state index in [2.05, 4.69) is 15.2 Å². The molecule has 0 saturated heterocycles. The molecule has 0 fully saturated rings. The van der Waals surface area contributed by atoms with Gasteiger partial charge < -0.3 is 0 Å². The second kappa shape index (κ2) is 5.43. The zero-order valence-corrected chi connectivity index (χ0v) is 10.6. The first kappa shape index (κ1) is 14.2. The Morgan fingerprint density at radius 3 is 2.75 bits per heavy atom. The fourth-order valence-corrected chi connectivity index (χ4v) is 1.68. The molecule has 0 unspecified atom stereocenters. The zero-order chi connectivity index (χ0) is 14.8. The molecule has 0 spiro atoms. The topological polar surface area (TPSA) is 65.6 Å². The minimum atomic E-state index is -4.89. The maximum atomic E-state index is 12.3. The molecule has 9 heteroatoms. The van der Waals surface area contributed by atoms with E-state index in [0.29, 0.717) is 12.4 Å². The summed E-state index contributed by atoms with van der Waals surface area (Å²) in [4.78, 5) is 15.1. The molecule has 0 aliphatic carbocycles. The van der Waals surface area contributed by atoms with Crippen LogP contribution in [0.15, 0.2) is 18.7 Å². The van der Waals surface area contributed by atoms with Crippen molar-refractivity contribution in [3.8, 4) is 0 Å². The lowest BCUT2D eigenvalue weighted by atomic mass is 10.2. The largest absolute Gasteiger partial charge is 0.454 e. The monoisotopic (exact) mass is 287 g/mol. The summed E-state index contributed by atoms with van der Waals surface area (Å²) in [7, 11) is 0. The third-order valence-electron chi connectivity index (χ3n) is 2.59. The number of carbonyl (C=O) groups is 1. The van der Waals surface area contributed by atoms with E-state index >= 15 is 0 Å². The highest BCUT2D eigenvalue weighted by Gasteiger charge is 2.39. The van der Waals surface area contributed by atoms with Crippen LogP contribution in [0.2, 0.25) is 0 Å². The van der Waals surface area contributed by atoms with Crippen molar-refractivity contribution in [1.29, 1.82) is 0 Å². The van der Waals surface area contributed by atoms with Crippen LogP contribution in [-0.2, 0) is 13.1 Å². The van der Waals surface area contributed by atoms with E-state index in [1.807, 2.05) is 6.92 Å². The molecule has 0 aliphatic heterocycles. The van der Waals surface area contributed by atoms with Gasteiger partial charge in [0.1, 0.15) is 18.7 Å². The Morgan fingerprint density at radius 2 is 2.10 bits per heavy atom. The lowest BCUT2D eigenvalue weighted by Gasteiger charge is -2.04. The van der Waals surface area contributed by atoms with Crippen molar-refractivity contribution in [1.82, 2.24) is 24.5 Å². The predicted octanol–water partition coefficient (Wildman–Crippen LogP) is 1.68. The van der Waals surface area contributed by atoms with Gasteiger partial charge in [-0.1, -0.05) is 6.92 Å². The molecule has 0 amide bonds. The van der Waals surface area contributed by atoms with Crippen molar-refractivity contribution in [3.63, 3.8) is 0 Å². The SMILES string of the molecule is CCCn1ncnc1Cn1cc(C(=O)C(F)(F)F)cn1. The summed E-state index contributed by atoms with van der Waals surface area (Å²) in [5, 5.41) is 7.74. The number of rotatable bonds is 5. The minimum absolute atomic E-state index is 0.158. The molecule has 0 aliphatic rings. The van der Waals surface area contributed by atoms with Gasteiger partial charge in [-0.25, -0.2) is 9.67 Å². The number of hydrogen-bond donors (Lipinski definition) is 0. The number of nitrogens with zero attached hydrogens (tertiary/aromatic N) is 5. The summed E-state index contributed by atoms with van der Waals surface area (Å²) in [5.41, 5.74) is -0.487. The third kappa shape index (κ3) is 3.03. The third-order valence-corrected chi connectivity index (χ3v) is 2.59. The van der Waals surface area contributed by atoms with Gasteiger partial charge in [0.25, 0.3) is 5.78 Å². The van der Waals surface area contributed by atoms with E-state index in [9.17, 15) is 18.0 Å². The molecule has 20 heavy (non-hydrogen) atoms. The van der Waals surface area contributed by atoms with Crippen molar-refractivity contribution in [3.05, 3.63) is 30.1 Å². The highest BCUT2D eigenvalue weighted by molar-refractivity contribution is 5.99. The van der Waals surface area contributed by atoms with E-state index in [1.165, 1.54) is 11.0 Å². The first-order valence-corrected chi connectivity index (χ1v) is 5.92. The van der Waals surface area contributed by atoms with E-state index in [0.717, 1.165) is 18.8 Å². The van der Waals surface area contributed by atoms with Gasteiger partial charge in [0.15, 0.2) is 0 Å². The number of aryl methyl sites for hydroxylation is 1. The number of ketones is 1. The number of halogens is 3. The molecule has 2 heterocycles. The lowest BCUT2D eigenvalue weighted by Crippen LogP contribution is -2.22. The number of hydrogen-bond acceptors (Lipinski definition) is 4. The first-order valence-electron chi connectivity index (χ1n) is 5.92. The van der Waals surface area contributed by atoms with Crippen molar-refractivity contribution in [2.24, 2.45) is 0 Å². The van der Waals surface area contributed by atoms with E-state index in [-0.39, 0.29) is 6.54 Å². The second-order valence-electron chi connectivity index (χ2n) is 4.15. The van der Waals surface area contributed by atoms with Crippen LogP contribution in [0.25, 0.3) is 0 Å². The summed E-state index contributed by atoms with van der Waals surface area (Å²) in [6, 6.07) is 0. The van der Waals surface area contributed by atoms with Crippen LogP contribution in [0.5, 0.6) is 0 Å². The van der Waals surface area contributed by atoms with Crippen molar-refractivity contribution >= 4 is 5.78 Å². The number of Topliss-reactive ketones (excluding diaryl/α,β-unsaturated/α-hetero) is 1. The Labute approximate surface area is 112 Å². The molecule has 6 nitrogen and oxygen atoms in total. The molecule has 0 aromatic carbocycles. The Morgan fingerprint density at radius 1 is 1.35 bits per heavy atom. The van der Waals surface area contributed by atoms with Crippen molar-refractivity contribution < 1.29 is 18.0 Å². The van der Waals surface area contributed by atoms with Gasteiger partial charge in [0.2, 0.25) is 0 Å². The van der Waals surface area contributed by atoms with Crippen LogP contribution in [0.4, 0.5) is 13.2 Å². The molecule has 2 aromatic heterocycles. The van der Waals surface area contributed by atoms with Crippen LogP contribution in [-0.4, -0.2) is 36.5 Å². The van der Waals surface area contributed by atoms with Gasteiger partial charge >= 0.3 is 6.18 Å². The molecule has 0 bridgehead atoms. The van der Waals surface area contributed by atoms with Crippen molar-refractivity contribution in [2.75, 3.05) is 0 Å². The number of alkyl halides is 3. The highest BCUT2D eigenvalue weighted by atomic mass is 19.4. The second-order valence-corrected chi connectivity index (χ2v) is 4.15. The van der Waals surface area contributed by atoms with Crippen LogP contribution >= 0.6 is 0 Å². The van der Waals surface area contributed by atoms with Crippen molar-refractivity contribution in [2.45, 2.75) is 32.6 Å². The average molecular weight is 287 g/mol. The minimum Gasteiger partial charge on any atom is -0.284 e. The Bertz CT molecular complexity index is 601. The van der Waals surface area contributed by atoms with Crippen LogP contribution in [0.3, 0.4) is 0 Å². The fourth-order valence-electron chi connectivity index (χ4n) is 1.68. The molecule has 2 aromatic rings. The van der Waals surface area contributed by atoms with E-state index in [1.54, 1.807) is 4.68 Å². The van der Waals surface area contributed by atoms with Gasteiger partial charge in [0, 0.05) is 12.7 Å². The maximum absolute atomic E-state index is 12.3. The standard InChI is InChI=1S/C11H12F3N5O/c1-2-3-19-9(15-7-17-19)6-18-5-8(4-16-18)10(20)11(12,13)14/h4-5,7H,2-3,6H2,1H3. The predicted molar refractivity (Wildman–Crippen MR) is 62.0 cm³/mol. The normalized spacial score (nSPS) is 11.8. The van der Waals surface area contributed by atoms with Gasteiger partial charge in [-0.3, -0.25) is 9.48 Å². The summed E-state index contributed by atoms with van der Waals surface area (Å²) >= 11 is 0. The Kier molecular flexibility index (Phi) is 3.86. The summed E-state index contributed by atoms with van der Waals surface area (Å²) in [5.74, 6) is -1.33. The van der Waals surface area contributed by atoms with Crippen LogP contribution < -0.4 is 0 Å². The maximum Gasteiger partial charge on any atom is 0.454 e. The molecular formula is C11H12F3N5O. The van der Waals surface area contributed by atoms with Gasteiger partial charge in [0.05, 0.1) is 11.8 Å². The fraction of sp³-hybridized carbons (Fsp3) is 0.455.